The van der Waals surface area contributed by atoms with Crippen molar-refractivity contribution in [2.45, 2.75) is 25.6 Å². The van der Waals surface area contributed by atoms with Crippen LogP contribution < -0.4 is 16.1 Å². The molecule has 0 bridgehead atoms. The summed E-state index contributed by atoms with van der Waals surface area (Å²) in [6.45, 7) is 4.82. The van der Waals surface area contributed by atoms with Gasteiger partial charge in [0.2, 0.25) is 0 Å². The van der Waals surface area contributed by atoms with E-state index < -0.39 is 17.8 Å². The van der Waals surface area contributed by atoms with Gasteiger partial charge in [-0.1, -0.05) is 0 Å². The zero-order valence-corrected chi connectivity index (χ0v) is 16.6. The Labute approximate surface area is 171 Å². The third kappa shape index (κ3) is 3.92. The molecule has 3 aliphatic heterocycles. The number of nitrogens with one attached hydrogen (secondary N) is 3. The number of carbonyl (C=O) groups excluding carboxylic acids is 1. The average molecular weight is 424 g/mol. The summed E-state index contributed by atoms with van der Waals surface area (Å²) in [4.78, 5) is 19.6. The van der Waals surface area contributed by atoms with E-state index >= 15 is 0 Å². The van der Waals surface area contributed by atoms with Gasteiger partial charge in [-0.3, -0.25) is 14.5 Å². The first-order valence-electron chi connectivity index (χ1n) is 9.66. The number of amides is 1. The minimum atomic E-state index is -4.67. The molecule has 4 rings (SSSR count). The topological polar surface area (TPSA) is 89.8 Å². The van der Waals surface area contributed by atoms with Crippen LogP contribution in [0.4, 0.5) is 18.9 Å². The number of aromatic nitrogens is 2. The van der Waals surface area contributed by atoms with Crippen LogP contribution in [-0.2, 0) is 18.0 Å². The standard InChI is InChI=1S/C18H23F3N8O/c1-11-8-22-5-3-6-28(11)14-4-7-29-16(25-14)12(9-23-29)17(30)24-13-10-27(2)26-15(13)18(19,20)21/h4,7,10-11,22-23H,3,5-6,8-9H2,1-2H3,(H,24,30)/t11-/m0/s1. The van der Waals surface area contributed by atoms with Crippen molar-refractivity contribution in [1.82, 2.24) is 30.4 Å². The molecule has 3 aliphatic rings. The molecule has 0 aromatic carbocycles. The van der Waals surface area contributed by atoms with E-state index in [2.05, 4.69) is 38.0 Å². The molecule has 162 valence electrons. The Kier molecular flexibility index (Phi) is 5.28. The zero-order valence-electron chi connectivity index (χ0n) is 16.6. The molecule has 1 saturated heterocycles. The number of fused-ring (bicyclic) bond motifs is 1. The summed E-state index contributed by atoms with van der Waals surface area (Å²) in [5.41, 5.74) is 1.74. The normalized spacial score (nSPS) is 22.2. The Balaban J connectivity index is 1.61. The molecule has 1 amide bonds. The van der Waals surface area contributed by atoms with Crippen LogP contribution in [0, 0.1) is 0 Å². The van der Waals surface area contributed by atoms with Gasteiger partial charge < -0.3 is 15.5 Å². The number of alkyl halides is 3. The largest absolute Gasteiger partial charge is 0.437 e. The van der Waals surface area contributed by atoms with Crippen LogP contribution in [0.5, 0.6) is 0 Å². The van der Waals surface area contributed by atoms with Gasteiger partial charge in [0.25, 0.3) is 5.91 Å². The summed E-state index contributed by atoms with van der Waals surface area (Å²) >= 11 is 0. The molecular weight excluding hydrogens is 401 g/mol. The molecule has 12 heteroatoms. The Bertz CT molecular complexity index is 932. The number of rotatable bonds is 2. The van der Waals surface area contributed by atoms with Crippen molar-refractivity contribution >= 4 is 17.4 Å². The average Bonchev–Trinajstić information content (AvgIpc) is 3.20. The maximum absolute atomic E-state index is 13.2. The second-order valence-electron chi connectivity index (χ2n) is 7.41. The Morgan fingerprint density at radius 2 is 2.17 bits per heavy atom. The summed E-state index contributed by atoms with van der Waals surface area (Å²) in [7, 11) is 1.37. The number of hydrogen-bond donors (Lipinski definition) is 3. The molecule has 0 spiro atoms. The maximum Gasteiger partial charge on any atom is 0.437 e. The van der Waals surface area contributed by atoms with Crippen LogP contribution in [0.1, 0.15) is 19.0 Å². The molecule has 30 heavy (non-hydrogen) atoms. The van der Waals surface area contributed by atoms with E-state index in [1.807, 2.05) is 6.08 Å². The number of hydrogen-bond acceptors (Lipinski definition) is 7. The number of amidine groups is 1. The van der Waals surface area contributed by atoms with Gasteiger partial charge in [0.15, 0.2) is 11.5 Å². The van der Waals surface area contributed by atoms with Crippen LogP contribution in [0.2, 0.25) is 0 Å². The van der Waals surface area contributed by atoms with Crippen molar-refractivity contribution in [1.29, 1.82) is 0 Å². The fourth-order valence-electron chi connectivity index (χ4n) is 3.68. The first-order chi connectivity index (χ1) is 14.2. The predicted octanol–water partition coefficient (Wildman–Crippen LogP) is 1.02. The van der Waals surface area contributed by atoms with Gasteiger partial charge in [0.05, 0.1) is 11.3 Å². The van der Waals surface area contributed by atoms with Crippen LogP contribution in [0.3, 0.4) is 0 Å². The third-order valence-electron chi connectivity index (χ3n) is 5.16. The van der Waals surface area contributed by atoms with Crippen LogP contribution >= 0.6 is 0 Å². The second kappa shape index (κ2) is 7.76. The lowest BCUT2D eigenvalue weighted by Gasteiger charge is -2.31. The fourth-order valence-corrected chi connectivity index (χ4v) is 3.68. The highest BCUT2D eigenvalue weighted by atomic mass is 19.4. The van der Waals surface area contributed by atoms with E-state index in [0.29, 0.717) is 5.82 Å². The number of carbonyl (C=O) groups is 1. The summed E-state index contributed by atoms with van der Waals surface area (Å²) in [5, 5.41) is 10.7. The van der Waals surface area contributed by atoms with Crippen molar-refractivity contribution in [3.63, 3.8) is 0 Å². The minimum Gasteiger partial charge on any atom is -0.352 e. The van der Waals surface area contributed by atoms with Crippen molar-refractivity contribution in [2.75, 3.05) is 31.5 Å². The molecule has 9 nitrogen and oxygen atoms in total. The van der Waals surface area contributed by atoms with Gasteiger partial charge in [-0.25, -0.2) is 10.4 Å². The molecule has 1 fully saturated rings. The van der Waals surface area contributed by atoms with Gasteiger partial charge in [-0.2, -0.15) is 18.3 Å². The number of halogens is 3. The van der Waals surface area contributed by atoms with E-state index in [9.17, 15) is 18.0 Å². The highest BCUT2D eigenvalue weighted by Gasteiger charge is 2.38. The SMILES string of the molecule is C[C@H]1CNCCCN1C1=NC2=C(C(=O)Nc3cn(C)nc3C(F)(F)F)CNN2C=C1. The van der Waals surface area contributed by atoms with Crippen molar-refractivity contribution in [2.24, 2.45) is 12.0 Å². The lowest BCUT2D eigenvalue weighted by molar-refractivity contribution is -0.140. The minimum absolute atomic E-state index is 0.154. The van der Waals surface area contributed by atoms with Crippen LogP contribution in [0.15, 0.2) is 34.9 Å². The number of aliphatic imine (C=N–C) groups is 1. The lowest BCUT2D eigenvalue weighted by Crippen LogP contribution is -2.42. The summed E-state index contributed by atoms with van der Waals surface area (Å²) < 4.78 is 40.6. The van der Waals surface area contributed by atoms with Gasteiger partial charge in [0.1, 0.15) is 5.84 Å². The Morgan fingerprint density at radius 1 is 1.37 bits per heavy atom. The second-order valence-corrected chi connectivity index (χ2v) is 7.41. The molecule has 0 saturated carbocycles. The fraction of sp³-hybridized carbons (Fsp3) is 0.500. The van der Waals surface area contributed by atoms with Crippen LogP contribution in [0.25, 0.3) is 0 Å². The van der Waals surface area contributed by atoms with Gasteiger partial charge >= 0.3 is 6.18 Å². The Morgan fingerprint density at radius 3 is 2.93 bits per heavy atom. The van der Waals surface area contributed by atoms with Crippen molar-refractivity contribution in [3.8, 4) is 0 Å². The number of aryl methyl sites for hydroxylation is 1. The smallest absolute Gasteiger partial charge is 0.352 e. The van der Waals surface area contributed by atoms with Gasteiger partial charge in [-0.15, -0.1) is 0 Å². The lowest BCUT2D eigenvalue weighted by atomic mass is 10.2. The van der Waals surface area contributed by atoms with E-state index in [-0.39, 0.29) is 23.8 Å². The van der Waals surface area contributed by atoms with Crippen LogP contribution in [-0.4, -0.2) is 63.7 Å². The summed E-state index contributed by atoms with van der Waals surface area (Å²) in [6, 6.07) is 0.222. The zero-order chi connectivity index (χ0) is 21.5. The molecule has 1 atom stereocenters. The molecule has 4 heterocycles. The van der Waals surface area contributed by atoms with Crippen molar-refractivity contribution < 1.29 is 18.0 Å². The molecule has 0 aliphatic carbocycles. The van der Waals surface area contributed by atoms with E-state index in [0.717, 1.165) is 42.8 Å². The molecule has 0 unspecified atom stereocenters. The highest BCUT2D eigenvalue weighted by molar-refractivity contribution is 6.06. The number of anilines is 1. The quantitative estimate of drug-likeness (QED) is 0.657. The number of nitrogens with zero attached hydrogens (tertiary/aromatic N) is 5. The van der Waals surface area contributed by atoms with E-state index in [1.165, 1.54) is 7.05 Å². The molecule has 1 aromatic rings. The molecule has 1 aromatic heterocycles. The maximum atomic E-state index is 13.2. The Hall–Kier alpha value is -2.86. The van der Waals surface area contributed by atoms with E-state index in [1.54, 1.807) is 11.2 Å². The number of hydrazine groups is 1. The summed E-state index contributed by atoms with van der Waals surface area (Å²) in [5.74, 6) is 0.457. The van der Waals surface area contributed by atoms with Gasteiger partial charge in [-0.05, 0) is 26.0 Å². The molecule has 0 radical (unpaired) electrons. The molecular formula is C18H23F3N8O. The van der Waals surface area contributed by atoms with Crippen molar-refractivity contribution in [3.05, 3.63) is 35.6 Å². The predicted molar refractivity (Wildman–Crippen MR) is 104 cm³/mol. The molecule has 3 N–H and O–H groups in total. The highest BCUT2D eigenvalue weighted by Crippen LogP contribution is 2.34. The monoisotopic (exact) mass is 424 g/mol. The first-order valence-corrected chi connectivity index (χ1v) is 9.66. The third-order valence-corrected chi connectivity index (χ3v) is 5.16. The first kappa shape index (κ1) is 20.4. The van der Waals surface area contributed by atoms with Gasteiger partial charge in [0, 0.05) is 45.1 Å². The summed E-state index contributed by atoms with van der Waals surface area (Å²) in [6.07, 6.45) is 1.06. The van der Waals surface area contributed by atoms with E-state index in [4.69, 9.17) is 0 Å².